The van der Waals surface area contributed by atoms with Crippen LogP contribution in [-0.2, 0) is 0 Å². The van der Waals surface area contributed by atoms with Gasteiger partial charge in [-0.25, -0.2) is 4.85 Å². The summed E-state index contributed by atoms with van der Waals surface area (Å²) in [5.74, 6) is 0.00509. The van der Waals surface area contributed by atoms with Crippen molar-refractivity contribution < 1.29 is 4.79 Å². The molecule has 66 valence electrons. The normalized spacial score (nSPS) is 11.8. The SMILES string of the molecule is [C-]#[N+]c1cccc(C(=O)C(C)Br)c1. The first-order valence-electron chi connectivity index (χ1n) is 3.81. The summed E-state index contributed by atoms with van der Waals surface area (Å²) in [4.78, 5) is 14.5. The molecule has 0 amide bonds. The van der Waals surface area contributed by atoms with Gasteiger partial charge in [-0.1, -0.05) is 34.1 Å². The highest BCUT2D eigenvalue weighted by Gasteiger charge is 2.11. The van der Waals surface area contributed by atoms with Crippen LogP contribution in [0, 0.1) is 6.57 Å². The van der Waals surface area contributed by atoms with Crippen molar-refractivity contribution in [3.05, 3.63) is 41.2 Å². The molecular formula is C10H8BrNO. The predicted octanol–water partition coefficient (Wildman–Crippen LogP) is 3.20. The lowest BCUT2D eigenvalue weighted by atomic mass is 10.1. The fraction of sp³-hybridized carbons (Fsp3) is 0.200. The van der Waals surface area contributed by atoms with Crippen LogP contribution in [0.3, 0.4) is 0 Å². The van der Waals surface area contributed by atoms with Gasteiger partial charge in [-0.15, -0.1) is 0 Å². The summed E-state index contributed by atoms with van der Waals surface area (Å²) >= 11 is 3.20. The van der Waals surface area contributed by atoms with Gasteiger partial charge < -0.3 is 0 Å². The van der Waals surface area contributed by atoms with Gasteiger partial charge in [0.05, 0.1) is 11.4 Å². The van der Waals surface area contributed by atoms with Crippen LogP contribution in [0.4, 0.5) is 5.69 Å². The summed E-state index contributed by atoms with van der Waals surface area (Å²) in [7, 11) is 0. The fourth-order valence-electron chi connectivity index (χ4n) is 0.958. The highest BCUT2D eigenvalue weighted by atomic mass is 79.9. The summed E-state index contributed by atoms with van der Waals surface area (Å²) in [5.41, 5.74) is 1.08. The summed E-state index contributed by atoms with van der Waals surface area (Å²) in [6.07, 6.45) is 0. The number of carbonyl (C=O) groups excluding carboxylic acids is 1. The predicted molar refractivity (Wildman–Crippen MR) is 55.4 cm³/mol. The van der Waals surface area contributed by atoms with Crippen molar-refractivity contribution in [3.63, 3.8) is 0 Å². The van der Waals surface area contributed by atoms with Crippen LogP contribution in [0.25, 0.3) is 4.85 Å². The van der Waals surface area contributed by atoms with Crippen molar-refractivity contribution in [2.75, 3.05) is 0 Å². The zero-order valence-corrected chi connectivity index (χ0v) is 8.71. The molecule has 0 saturated heterocycles. The number of Topliss-reactive ketones (excluding diaryl/α,β-unsaturated/α-hetero) is 1. The number of hydrogen-bond donors (Lipinski definition) is 0. The quantitative estimate of drug-likeness (QED) is 0.440. The lowest BCUT2D eigenvalue weighted by Crippen LogP contribution is -2.09. The van der Waals surface area contributed by atoms with Crippen LogP contribution < -0.4 is 0 Å². The van der Waals surface area contributed by atoms with Crippen molar-refractivity contribution in [1.82, 2.24) is 0 Å². The molecular weight excluding hydrogens is 230 g/mol. The van der Waals surface area contributed by atoms with Crippen LogP contribution in [0.15, 0.2) is 24.3 Å². The Bertz CT molecular complexity index is 365. The Hall–Kier alpha value is -1.14. The first kappa shape index (κ1) is 9.94. The standard InChI is InChI=1S/C10H8BrNO/c1-7(11)10(13)8-4-3-5-9(6-8)12-2/h3-7H,1H3. The monoisotopic (exact) mass is 237 g/mol. The number of carbonyl (C=O) groups is 1. The molecule has 0 aliphatic carbocycles. The minimum atomic E-state index is -0.200. The number of benzene rings is 1. The number of halogens is 1. The van der Waals surface area contributed by atoms with Crippen LogP contribution in [0.5, 0.6) is 0 Å². The van der Waals surface area contributed by atoms with Gasteiger partial charge in [0.15, 0.2) is 11.5 Å². The maximum atomic E-state index is 11.5. The lowest BCUT2D eigenvalue weighted by Gasteiger charge is -2.02. The highest BCUT2D eigenvalue weighted by Crippen LogP contribution is 2.16. The number of ketones is 1. The van der Waals surface area contributed by atoms with Gasteiger partial charge in [0.1, 0.15) is 0 Å². The van der Waals surface area contributed by atoms with E-state index in [-0.39, 0.29) is 10.6 Å². The first-order valence-corrected chi connectivity index (χ1v) is 4.72. The Balaban J connectivity index is 3.04. The summed E-state index contributed by atoms with van der Waals surface area (Å²) in [6.45, 7) is 8.56. The molecule has 1 rings (SSSR count). The summed E-state index contributed by atoms with van der Waals surface area (Å²) in [6, 6.07) is 6.72. The maximum absolute atomic E-state index is 11.5. The Morgan fingerprint density at radius 2 is 2.31 bits per heavy atom. The molecule has 3 heteroatoms. The lowest BCUT2D eigenvalue weighted by molar-refractivity contribution is 0.0996. The third kappa shape index (κ3) is 2.40. The van der Waals surface area contributed by atoms with E-state index in [1.165, 1.54) is 0 Å². The van der Waals surface area contributed by atoms with Crippen molar-refractivity contribution in [2.45, 2.75) is 11.8 Å². The number of nitrogens with zero attached hydrogens (tertiary/aromatic N) is 1. The Kier molecular flexibility index (Phi) is 3.21. The molecule has 0 fully saturated rings. The average molecular weight is 238 g/mol. The van der Waals surface area contributed by atoms with E-state index in [4.69, 9.17) is 6.57 Å². The summed E-state index contributed by atoms with van der Waals surface area (Å²) < 4.78 is 0. The van der Waals surface area contributed by atoms with E-state index in [0.29, 0.717) is 11.3 Å². The molecule has 13 heavy (non-hydrogen) atoms. The zero-order chi connectivity index (χ0) is 9.84. The average Bonchev–Trinajstić information content (AvgIpc) is 2.16. The minimum absolute atomic E-state index is 0.00509. The first-order chi connectivity index (χ1) is 6.15. The van der Waals surface area contributed by atoms with Crippen LogP contribution in [-0.4, -0.2) is 10.6 Å². The molecule has 0 N–H and O–H groups in total. The van der Waals surface area contributed by atoms with E-state index in [1.807, 2.05) is 0 Å². The van der Waals surface area contributed by atoms with Crippen LogP contribution >= 0.6 is 15.9 Å². The van der Waals surface area contributed by atoms with Crippen LogP contribution in [0.1, 0.15) is 17.3 Å². The van der Waals surface area contributed by atoms with E-state index in [1.54, 1.807) is 31.2 Å². The third-order valence-corrected chi connectivity index (χ3v) is 2.04. The number of alkyl halides is 1. The Morgan fingerprint density at radius 3 is 2.85 bits per heavy atom. The molecule has 1 aromatic carbocycles. The molecule has 1 atom stereocenters. The largest absolute Gasteiger partial charge is 0.293 e. The van der Waals surface area contributed by atoms with Gasteiger partial charge in [0.2, 0.25) is 0 Å². The van der Waals surface area contributed by atoms with Gasteiger partial charge in [-0.2, -0.15) is 0 Å². The van der Waals surface area contributed by atoms with Gasteiger partial charge in [0.25, 0.3) is 0 Å². The van der Waals surface area contributed by atoms with E-state index in [0.717, 1.165) is 0 Å². The molecule has 0 aromatic heterocycles. The van der Waals surface area contributed by atoms with Crippen molar-refractivity contribution in [1.29, 1.82) is 0 Å². The van der Waals surface area contributed by atoms with Crippen molar-refractivity contribution in [3.8, 4) is 0 Å². The molecule has 0 aliphatic heterocycles. The van der Waals surface area contributed by atoms with E-state index in [2.05, 4.69) is 20.8 Å². The second-order valence-corrected chi connectivity index (χ2v) is 4.02. The van der Waals surface area contributed by atoms with E-state index < -0.39 is 0 Å². The molecule has 1 aromatic rings. The molecule has 0 heterocycles. The smallest absolute Gasteiger partial charge is 0.187 e. The van der Waals surface area contributed by atoms with Crippen LogP contribution in [0.2, 0.25) is 0 Å². The highest BCUT2D eigenvalue weighted by molar-refractivity contribution is 9.10. The fourth-order valence-corrected chi connectivity index (χ4v) is 1.22. The van der Waals surface area contributed by atoms with E-state index in [9.17, 15) is 4.79 Å². The van der Waals surface area contributed by atoms with Gasteiger partial charge in [0, 0.05) is 5.56 Å². The van der Waals surface area contributed by atoms with Gasteiger partial charge in [-0.3, -0.25) is 4.79 Å². The number of hydrogen-bond acceptors (Lipinski definition) is 1. The minimum Gasteiger partial charge on any atom is -0.293 e. The third-order valence-electron chi connectivity index (χ3n) is 1.62. The molecule has 0 radical (unpaired) electrons. The summed E-state index contributed by atoms with van der Waals surface area (Å²) in [5, 5.41) is 0. The molecule has 0 bridgehead atoms. The second-order valence-electron chi connectivity index (χ2n) is 2.64. The number of rotatable bonds is 2. The zero-order valence-electron chi connectivity index (χ0n) is 7.12. The topological polar surface area (TPSA) is 21.4 Å². The molecule has 0 saturated carbocycles. The molecule has 2 nitrogen and oxygen atoms in total. The maximum Gasteiger partial charge on any atom is 0.187 e. The van der Waals surface area contributed by atoms with Gasteiger partial charge in [-0.05, 0) is 13.0 Å². The Morgan fingerprint density at radius 1 is 1.62 bits per heavy atom. The molecule has 0 aliphatic rings. The Labute approximate surface area is 85.5 Å². The van der Waals surface area contributed by atoms with Gasteiger partial charge >= 0.3 is 0 Å². The van der Waals surface area contributed by atoms with E-state index >= 15 is 0 Å². The molecule has 1 unspecified atom stereocenters. The van der Waals surface area contributed by atoms with Crippen molar-refractivity contribution >= 4 is 27.4 Å². The molecule has 0 spiro atoms. The second kappa shape index (κ2) is 4.20. The van der Waals surface area contributed by atoms with Crippen molar-refractivity contribution in [2.24, 2.45) is 0 Å².